The van der Waals surface area contributed by atoms with Crippen molar-refractivity contribution in [1.82, 2.24) is 0 Å². The first-order valence-electron chi connectivity index (χ1n) is 7.95. The molecule has 1 aromatic heterocycles. The van der Waals surface area contributed by atoms with Gasteiger partial charge in [0.2, 0.25) is 0 Å². The molecule has 0 aliphatic carbocycles. The third-order valence-electron chi connectivity index (χ3n) is 4.18. The van der Waals surface area contributed by atoms with E-state index < -0.39 is 0 Å². The van der Waals surface area contributed by atoms with Gasteiger partial charge in [-0.15, -0.1) is 0 Å². The van der Waals surface area contributed by atoms with Crippen molar-refractivity contribution < 1.29 is 9.21 Å². The van der Waals surface area contributed by atoms with Crippen molar-refractivity contribution in [3.8, 4) is 0 Å². The highest BCUT2D eigenvalue weighted by atomic mass is 16.3. The van der Waals surface area contributed by atoms with E-state index in [9.17, 15) is 9.59 Å². The third kappa shape index (κ3) is 2.76. The van der Waals surface area contributed by atoms with Crippen LogP contribution in [0.25, 0.3) is 27.8 Å². The fourth-order valence-electron chi connectivity index (χ4n) is 2.90. The third-order valence-corrected chi connectivity index (χ3v) is 4.18. The SMILES string of the molecule is O=C(C=Cc1coc2ccccc2c1=O)c1cccc2ccccc12. The van der Waals surface area contributed by atoms with Crippen LogP contribution >= 0.6 is 0 Å². The maximum atomic E-state index is 12.6. The van der Waals surface area contributed by atoms with Gasteiger partial charge in [-0.3, -0.25) is 9.59 Å². The number of hydrogen-bond donors (Lipinski definition) is 0. The Balaban J connectivity index is 1.73. The average Bonchev–Trinajstić information content (AvgIpc) is 2.67. The first kappa shape index (κ1) is 15.1. The predicted octanol–water partition coefficient (Wildman–Crippen LogP) is 4.84. The number of allylic oxidation sites excluding steroid dienone is 1. The minimum Gasteiger partial charge on any atom is -0.463 e. The van der Waals surface area contributed by atoms with Crippen molar-refractivity contribution in [2.45, 2.75) is 0 Å². The van der Waals surface area contributed by atoms with E-state index in [-0.39, 0.29) is 11.2 Å². The standard InChI is InChI=1S/C22H14O3/c23-20(18-10-5-7-15-6-1-2-8-17(15)18)13-12-16-14-25-21-11-4-3-9-19(21)22(16)24/h1-14H. The molecule has 0 unspecified atom stereocenters. The van der Waals surface area contributed by atoms with Crippen LogP contribution in [0.2, 0.25) is 0 Å². The van der Waals surface area contributed by atoms with E-state index >= 15 is 0 Å². The van der Waals surface area contributed by atoms with Gasteiger partial charge in [-0.1, -0.05) is 54.6 Å². The number of fused-ring (bicyclic) bond motifs is 2. The maximum Gasteiger partial charge on any atom is 0.199 e. The van der Waals surface area contributed by atoms with Crippen molar-refractivity contribution in [3.63, 3.8) is 0 Å². The first-order valence-corrected chi connectivity index (χ1v) is 7.95. The smallest absolute Gasteiger partial charge is 0.199 e. The number of benzene rings is 3. The summed E-state index contributed by atoms with van der Waals surface area (Å²) in [4.78, 5) is 25.1. The summed E-state index contributed by atoms with van der Waals surface area (Å²) in [6.45, 7) is 0. The molecule has 25 heavy (non-hydrogen) atoms. The van der Waals surface area contributed by atoms with Crippen LogP contribution in [-0.2, 0) is 0 Å². The molecule has 0 saturated heterocycles. The molecule has 0 spiro atoms. The monoisotopic (exact) mass is 326 g/mol. The topological polar surface area (TPSA) is 47.3 Å². The Bertz CT molecular complexity index is 1180. The molecular formula is C22H14O3. The van der Waals surface area contributed by atoms with Crippen molar-refractivity contribution in [3.05, 3.63) is 100 Å². The lowest BCUT2D eigenvalue weighted by molar-refractivity contribution is 0.104. The average molecular weight is 326 g/mol. The highest BCUT2D eigenvalue weighted by molar-refractivity contribution is 6.14. The molecule has 4 aromatic rings. The molecule has 0 atom stereocenters. The molecule has 3 aromatic carbocycles. The fourth-order valence-corrected chi connectivity index (χ4v) is 2.90. The second-order valence-corrected chi connectivity index (χ2v) is 5.74. The largest absolute Gasteiger partial charge is 0.463 e. The van der Waals surface area contributed by atoms with Crippen LogP contribution in [0.4, 0.5) is 0 Å². The zero-order valence-electron chi connectivity index (χ0n) is 13.3. The lowest BCUT2D eigenvalue weighted by atomic mass is 10.0. The van der Waals surface area contributed by atoms with E-state index in [4.69, 9.17) is 4.42 Å². The van der Waals surface area contributed by atoms with Crippen LogP contribution in [0.1, 0.15) is 15.9 Å². The van der Waals surface area contributed by atoms with Gasteiger partial charge in [0, 0.05) is 5.56 Å². The van der Waals surface area contributed by atoms with Crippen LogP contribution in [0.15, 0.2) is 88.3 Å². The molecule has 0 aliphatic heterocycles. The van der Waals surface area contributed by atoms with Gasteiger partial charge in [-0.05, 0) is 35.1 Å². The Morgan fingerprint density at radius 2 is 1.56 bits per heavy atom. The Hall–Kier alpha value is -3.46. The van der Waals surface area contributed by atoms with Gasteiger partial charge >= 0.3 is 0 Å². The highest BCUT2D eigenvalue weighted by Crippen LogP contribution is 2.19. The van der Waals surface area contributed by atoms with Crippen LogP contribution < -0.4 is 5.43 Å². The van der Waals surface area contributed by atoms with Crippen molar-refractivity contribution >= 4 is 33.6 Å². The van der Waals surface area contributed by atoms with E-state index in [0.717, 1.165) is 10.8 Å². The van der Waals surface area contributed by atoms with Gasteiger partial charge < -0.3 is 4.42 Å². The molecule has 0 N–H and O–H groups in total. The van der Waals surface area contributed by atoms with Gasteiger partial charge in [-0.25, -0.2) is 0 Å². The summed E-state index contributed by atoms with van der Waals surface area (Å²) in [7, 11) is 0. The van der Waals surface area contributed by atoms with Crippen molar-refractivity contribution in [1.29, 1.82) is 0 Å². The summed E-state index contributed by atoms with van der Waals surface area (Å²) in [5, 5.41) is 2.40. The number of hydrogen-bond acceptors (Lipinski definition) is 3. The Labute approximate surface area is 143 Å². The van der Waals surface area contributed by atoms with Gasteiger partial charge in [0.05, 0.1) is 10.9 Å². The van der Waals surface area contributed by atoms with Gasteiger partial charge in [0.25, 0.3) is 0 Å². The molecule has 120 valence electrons. The summed E-state index contributed by atoms with van der Waals surface area (Å²) in [5.74, 6) is -0.149. The molecule has 0 saturated carbocycles. The fraction of sp³-hybridized carbons (Fsp3) is 0. The zero-order valence-corrected chi connectivity index (χ0v) is 13.3. The Kier molecular flexibility index (Phi) is 3.75. The first-order chi connectivity index (χ1) is 12.2. The van der Waals surface area contributed by atoms with Crippen LogP contribution in [0, 0.1) is 0 Å². The maximum absolute atomic E-state index is 12.6. The summed E-state index contributed by atoms with van der Waals surface area (Å²) in [6, 6.07) is 20.4. The molecule has 4 rings (SSSR count). The summed E-state index contributed by atoms with van der Waals surface area (Å²) >= 11 is 0. The second kappa shape index (κ2) is 6.21. The van der Waals surface area contributed by atoms with Gasteiger partial charge in [0.15, 0.2) is 11.2 Å². The lowest BCUT2D eigenvalue weighted by Gasteiger charge is -2.03. The minimum absolute atomic E-state index is 0.149. The summed E-state index contributed by atoms with van der Waals surface area (Å²) < 4.78 is 5.47. The normalized spacial score (nSPS) is 11.4. The van der Waals surface area contributed by atoms with Gasteiger partial charge in [-0.2, -0.15) is 0 Å². The molecule has 0 aliphatic rings. The number of carbonyl (C=O) groups is 1. The molecule has 0 fully saturated rings. The quantitative estimate of drug-likeness (QED) is 0.400. The molecule has 0 amide bonds. The molecule has 3 nitrogen and oxygen atoms in total. The minimum atomic E-state index is -0.149. The summed E-state index contributed by atoms with van der Waals surface area (Å²) in [6.07, 6.45) is 4.32. The van der Waals surface area contributed by atoms with Crippen LogP contribution in [0.3, 0.4) is 0 Å². The van der Waals surface area contributed by atoms with Crippen molar-refractivity contribution in [2.75, 3.05) is 0 Å². The number of carbonyl (C=O) groups excluding carboxylic acids is 1. The second-order valence-electron chi connectivity index (χ2n) is 5.74. The number of rotatable bonds is 3. The Morgan fingerprint density at radius 3 is 2.44 bits per heavy atom. The molecule has 0 radical (unpaired) electrons. The lowest BCUT2D eigenvalue weighted by Crippen LogP contribution is -2.05. The van der Waals surface area contributed by atoms with E-state index in [2.05, 4.69) is 0 Å². The van der Waals surface area contributed by atoms with Crippen LogP contribution in [-0.4, -0.2) is 5.78 Å². The van der Waals surface area contributed by atoms with E-state index in [1.807, 2.05) is 42.5 Å². The molecule has 1 heterocycles. The zero-order chi connectivity index (χ0) is 17.2. The number of para-hydroxylation sites is 1. The van der Waals surface area contributed by atoms with Crippen molar-refractivity contribution in [2.24, 2.45) is 0 Å². The van der Waals surface area contributed by atoms with Gasteiger partial charge in [0.1, 0.15) is 11.8 Å². The molecule has 3 heteroatoms. The predicted molar refractivity (Wildman–Crippen MR) is 99.8 cm³/mol. The molecule has 0 bridgehead atoms. The van der Waals surface area contributed by atoms with E-state index in [1.54, 1.807) is 24.3 Å². The Morgan fingerprint density at radius 1 is 0.840 bits per heavy atom. The van der Waals surface area contributed by atoms with Crippen LogP contribution in [0.5, 0.6) is 0 Å². The van der Waals surface area contributed by atoms with E-state index in [1.165, 1.54) is 18.4 Å². The van der Waals surface area contributed by atoms with E-state index in [0.29, 0.717) is 22.1 Å². The highest BCUT2D eigenvalue weighted by Gasteiger charge is 2.08. The molecular weight excluding hydrogens is 312 g/mol. The number of ketones is 1. The summed E-state index contributed by atoms with van der Waals surface area (Å²) in [5.41, 5.74) is 1.35.